The molecule has 1 fully saturated rings. The maximum Gasteiger partial charge on any atom is 0.00483 e. The van der Waals surface area contributed by atoms with Crippen LogP contribution in [0.4, 0.5) is 0 Å². The monoisotopic (exact) mass is 212 g/mol. The molecule has 0 aromatic rings. The lowest BCUT2D eigenvalue weighted by Gasteiger charge is -2.27. The van der Waals surface area contributed by atoms with E-state index in [1.54, 1.807) is 0 Å². The molecule has 1 aliphatic heterocycles. The Morgan fingerprint density at radius 2 is 2.07 bits per heavy atom. The van der Waals surface area contributed by atoms with Crippen LogP contribution in [0.15, 0.2) is 0 Å². The third kappa shape index (κ3) is 4.12. The number of rotatable bonds is 4. The van der Waals surface area contributed by atoms with Crippen LogP contribution in [0.25, 0.3) is 0 Å². The number of nitrogens with zero attached hydrogens (tertiary/aromatic N) is 1. The molecule has 0 bridgehead atoms. The summed E-state index contributed by atoms with van der Waals surface area (Å²) < 4.78 is 0. The molecule has 1 rings (SSSR count). The van der Waals surface area contributed by atoms with Crippen LogP contribution in [-0.2, 0) is 0 Å². The Morgan fingerprint density at radius 1 is 1.40 bits per heavy atom. The summed E-state index contributed by atoms with van der Waals surface area (Å²) in [5.74, 6) is 0.871. The van der Waals surface area contributed by atoms with Gasteiger partial charge in [-0.2, -0.15) is 0 Å². The van der Waals surface area contributed by atoms with Crippen molar-refractivity contribution in [2.75, 3.05) is 19.6 Å². The average Bonchev–Trinajstić information content (AvgIpc) is 2.61. The first kappa shape index (κ1) is 13.0. The number of hydrogen-bond donors (Lipinski definition) is 1. The molecule has 2 N–H and O–H groups in total. The molecule has 2 heteroatoms. The summed E-state index contributed by atoms with van der Waals surface area (Å²) in [5.41, 5.74) is 6.42. The quantitative estimate of drug-likeness (QED) is 0.776. The first-order chi connectivity index (χ1) is 6.93. The molecule has 15 heavy (non-hydrogen) atoms. The lowest BCUT2D eigenvalue weighted by Crippen LogP contribution is -2.30. The second-order valence-corrected chi connectivity index (χ2v) is 6.11. The van der Waals surface area contributed by atoms with Crippen molar-refractivity contribution >= 4 is 0 Å². The van der Waals surface area contributed by atoms with E-state index in [1.807, 2.05) is 0 Å². The van der Waals surface area contributed by atoms with Gasteiger partial charge in [0.05, 0.1) is 0 Å². The van der Waals surface area contributed by atoms with Crippen molar-refractivity contribution in [1.82, 2.24) is 4.90 Å². The van der Waals surface area contributed by atoms with Gasteiger partial charge in [-0.25, -0.2) is 0 Å². The molecule has 2 nitrogen and oxygen atoms in total. The Kier molecular flexibility index (Phi) is 4.60. The number of likely N-dealkylation sites (tertiary alicyclic amines) is 1. The predicted molar refractivity (Wildman–Crippen MR) is 66.9 cm³/mol. The van der Waals surface area contributed by atoms with Crippen molar-refractivity contribution in [2.24, 2.45) is 17.1 Å². The van der Waals surface area contributed by atoms with Crippen molar-refractivity contribution in [3.8, 4) is 0 Å². The molecule has 1 heterocycles. The molecule has 0 radical (unpaired) electrons. The van der Waals surface area contributed by atoms with Gasteiger partial charge in [-0.15, -0.1) is 0 Å². The zero-order valence-corrected chi connectivity index (χ0v) is 10.9. The minimum absolute atomic E-state index is 0.402. The van der Waals surface area contributed by atoms with Crippen LogP contribution in [0.3, 0.4) is 0 Å². The van der Waals surface area contributed by atoms with E-state index in [0.717, 1.165) is 18.8 Å². The van der Waals surface area contributed by atoms with E-state index in [1.165, 1.54) is 26.1 Å². The molecule has 2 atom stereocenters. The summed E-state index contributed by atoms with van der Waals surface area (Å²) >= 11 is 0. The second kappa shape index (κ2) is 5.31. The van der Waals surface area contributed by atoms with Gasteiger partial charge in [0, 0.05) is 12.6 Å². The summed E-state index contributed by atoms with van der Waals surface area (Å²) in [6, 6.07) is 0.402. The fourth-order valence-corrected chi connectivity index (χ4v) is 2.30. The molecular weight excluding hydrogens is 184 g/mol. The Bertz CT molecular complexity index is 183. The summed E-state index contributed by atoms with van der Waals surface area (Å²) in [4.78, 5) is 2.59. The van der Waals surface area contributed by atoms with Crippen molar-refractivity contribution in [3.63, 3.8) is 0 Å². The van der Waals surface area contributed by atoms with Crippen molar-refractivity contribution in [3.05, 3.63) is 0 Å². The fraction of sp³-hybridized carbons (Fsp3) is 1.00. The van der Waals surface area contributed by atoms with Gasteiger partial charge in [-0.05, 0) is 43.7 Å². The number of hydrogen-bond acceptors (Lipinski definition) is 2. The van der Waals surface area contributed by atoms with E-state index >= 15 is 0 Å². The van der Waals surface area contributed by atoms with Crippen LogP contribution in [0.1, 0.15) is 47.0 Å². The standard InChI is InChI=1S/C13H28N2/c1-5-12(14)7-9-15-8-6-11(10-15)13(2,3)4/h11-12H,5-10,14H2,1-4H3. The second-order valence-electron chi connectivity index (χ2n) is 6.11. The lowest BCUT2D eigenvalue weighted by molar-refractivity contribution is 0.226. The molecule has 2 unspecified atom stereocenters. The lowest BCUT2D eigenvalue weighted by atomic mass is 9.80. The fourth-order valence-electron chi connectivity index (χ4n) is 2.30. The van der Waals surface area contributed by atoms with Gasteiger partial charge in [0.1, 0.15) is 0 Å². The van der Waals surface area contributed by atoms with Gasteiger partial charge in [0.15, 0.2) is 0 Å². The normalized spacial score (nSPS) is 25.8. The Hall–Kier alpha value is -0.0800. The molecule has 0 aromatic heterocycles. The summed E-state index contributed by atoms with van der Waals surface area (Å²) in [5, 5.41) is 0. The zero-order valence-electron chi connectivity index (χ0n) is 10.9. The molecule has 90 valence electrons. The minimum atomic E-state index is 0.402. The van der Waals surface area contributed by atoms with Crippen molar-refractivity contribution in [1.29, 1.82) is 0 Å². The third-order valence-corrected chi connectivity index (χ3v) is 3.84. The van der Waals surface area contributed by atoms with E-state index in [4.69, 9.17) is 5.73 Å². The molecule has 0 saturated carbocycles. The van der Waals surface area contributed by atoms with Crippen LogP contribution in [-0.4, -0.2) is 30.6 Å². The van der Waals surface area contributed by atoms with E-state index in [2.05, 4.69) is 32.6 Å². The minimum Gasteiger partial charge on any atom is -0.328 e. The van der Waals surface area contributed by atoms with E-state index in [-0.39, 0.29) is 0 Å². The SMILES string of the molecule is CCC(N)CCN1CCC(C(C)(C)C)C1. The van der Waals surface area contributed by atoms with Crippen LogP contribution in [0, 0.1) is 11.3 Å². The van der Waals surface area contributed by atoms with E-state index < -0.39 is 0 Å². The highest BCUT2D eigenvalue weighted by Gasteiger charge is 2.31. The zero-order chi connectivity index (χ0) is 11.5. The largest absolute Gasteiger partial charge is 0.328 e. The smallest absolute Gasteiger partial charge is 0.00483 e. The van der Waals surface area contributed by atoms with Crippen LogP contribution in [0.5, 0.6) is 0 Å². The van der Waals surface area contributed by atoms with Crippen LogP contribution < -0.4 is 5.73 Å². The van der Waals surface area contributed by atoms with Gasteiger partial charge < -0.3 is 10.6 Å². The maximum absolute atomic E-state index is 5.94. The highest BCUT2D eigenvalue weighted by molar-refractivity contribution is 4.84. The highest BCUT2D eigenvalue weighted by atomic mass is 15.1. The van der Waals surface area contributed by atoms with E-state index in [0.29, 0.717) is 11.5 Å². The first-order valence-corrected chi connectivity index (χ1v) is 6.41. The summed E-state index contributed by atoms with van der Waals surface area (Å²) in [7, 11) is 0. The van der Waals surface area contributed by atoms with Crippen molar-refractivity contribution < 1.29 is 0 Å². The number of nitrogens with two attached hydrogens (primary N) is 1. The molecule has 0 aliphatic carbocycles. The summed E-state index contributed by atoms with van der Waals surface area (Å²) in [6.45, 7) is 13.0. The Labute approximate surface area is 95.2 Å². The van der Waals surface area contributed by atoms with Crippen LogP contribution in [0.2, 0.25) is 0 Å². The van der Waals surface area contributed by atoms with Crippen LogP contribution >= 0.6 is 0 Å². The van der Waals surface area contributed by atoms with Gasteiger partial charge in [0.25, 0.3) is 0 Å². The first-order valence-electron chi connectivity index (χ1n) is 6.41. The molecule has 0 amide bonds. The average molecular weight is 212 g/mol. The molecule has 1 saturated heterocycles. The third-order valence-electron chi connectivity index (χ3n) is 3.84. The van der Waals surface area contributed by atoms with Gasteiger partial charge in [0.2, 0.25) is 0 Å². The van der Waals surface area contributed by atoms with E-state index in [9.17, 15) is 0 Å². The molecule has 1 aliphatic rings. The summed E-state index contributed by atoms with van der Waals surface area (Å²) in [6.07, 6.45) is 3.63. The Balaban J connectivity index is 2.25. The Morgan fingerprint density at radius 3 is 2.53 bits per heavy atom. The van der Waals surface area contributed by atoms with Crippen molar-refractivity contribution in [2.45, 2.75) is 53.0 Å². The maximum atomic E-state index is 5.94. The van der Waals surface area contributed by atoms with Gasteiger partial charge in [-0.3, -0.25) is 0 Å². The molecule has 0 aromatic carbocycles. The predicted octanol–water partition coefficient (Wildman–Crippen LogP) is 2.48. The highest BCUT2D eigenvalue weighted by Crippen LogP contribution is 2.33. The molecular formula is C13H28N2. The topological polar surface area (TPSA) is 29.3 Å². The van der Waals surface area contributed by atoms with Gasteiger partial charge in [-0.1, -0.05) is 27.7 Å². The molecule has 0 spiro atoms. The van der Waals surface area contributed by atoms with Gasteiger partial charge >= 0.3 is 0 Å².